The molecule has 0 atom stereocenters. The maximum atomic E-state index is 6.05. The number of fused-ring (bicyclic) bond motifs is 3. The summed E-state index contributed by atoms with van der Waals surface area (Å²) in [5, 5.41) is 0.566. The van der Waals surface area contributed by atoms with Crippen LogP contribution < -0.4 is 15.2 Å². The van der Waals surface area contributed by atoms with E-state index in [2.05, 4.69) is 4.98 Å². The Balaban J connectivity index is 2.18. The number of anilines is 1. The molecule has 2 N–H and O–H groups in total. The largest absolute Gasteiger partial charge is 0.494 e. The van der Waals surface area contributed by atoms with Gasteiger partial charge >= 0.3 is 0 Å². The van der Waals surface area contributed by atoms with Gasteiger partial charge in [0.05, 0.1) is 17.2 Å². The Hall–Kier alpha value is -1.75. The Morgan fingerprint density at radius 1 is 1.42 bits per heavy atom. The van der Waals surface area contributed by atoms with Crippen LogP contribution in [0.2, 0.25) is 0 Å². The molecule has 2 aromatic rings. The lowest BCUT2D eigenvalue weighted by atomic mass is 9.97. The molecular formula is C14H16N2O2S. The molecule has 3 rings (SSSR count). The van der Waals surface area contributed by atoms with E-state index in [1.165, 1.54) is 11.3 Å². The molecule has 2 heterocycles. The highest BCUT2D eigenvalue weighted by molar-refractivity contribution is 7.16. The molecule has 0 saturated carbocycles. The molecule has 1 aliphatic rings. The Kier molecular flexibility index (Phi) is 2.67. The zero-order valence-electron chi connectivity index (χ0n) is 11.2. The maximum absolute atomic E-state index is 6.05. The Bertz CT molecular complexity index is 634. The van der Waals surface area contributed by atoms with Crippen LogP contribution in [0.5, 0.6) is 11.5 Å². The second-order valence-electron chi connectivity index (χ2n) is 4.93. The number of ether oxygens (including phenoxy) is 2. The zero-order valence-corrected chi connectivity index (χ0v) is 12.0. The molecule has 0 bridgehead atoms. The van der Waals surface area contributed by atoms with Crippen LogP contribution in [0.3, 0.4) is 0 Å². The second-order valence-corrected chi connectivity index (χ2v) is 5.96. The van der Waals surface area contributed by atoms with Crippen molar-refractivity contribution in [3.63, 3.8) is 0 Å². The lowest BCUT2D eigenvalue weighted by molar-refractivity contribution is 0.109. The summed E-state index contributed by atoms with van der Waals surface area (Å²) >= 11 is 1.48. The number of nitrogen functional groups attached to an aromatic ring is 1. The van der Waals surface area contributed by atoms with Gasteiger partial charge in [0.2, 0.25) is 0 Å². The Morgan fingerprint density at radius 2 is 2.21 bits per heavy atom. The van der Waals surface area contributed by atoms with Crippen molar-refractivity contribution in [1.29, 1.82) is 0 Å². The molecule has 0 saturated heterocycles. The van der Waals surface area contributed by atoms with Gasteiger partial charge in [-0.3, -0.25) is 0 Å². The third kappa shape index (κ3) is 1.94. The zero-order chi connectivity index (χ0) is 13.6. The minimum atomic E-state index is -0.398. The lowest BCUT2D eigenvalue weighted by Crippen LogP contribution is -2.27. The molecule has 0 spiro atoms. The molecule has 19 heavy (non-hydrogen) atoms. The second kappa shape index (κ2) is 4.13. The van der Waals surface area contributed by atoms with Crippen LogP contribution in [0.1, 0.15) is 25.6 Å². The van der Waals surface area contributed by atoms with E-state index in [-0.39, 0.29) is 0 Å². The van der Waals surface area contributed by atoms with Crippen LogP contribution in [-0.4, -0.2) is 11.6 Å². The molecule has 5 heteroatoms. The van der Waals surface area contributed by atoms with Gasteiger partial charge in [-0.25, -0.2) is 4.98 Å². The maximum Gasteiger partial charge on any atom is 0.180 e. The molecule has 0 fully saturated rings. The minimum absolute atomic E-state index is 0.398. The van der Waals surface area contributed by atoms with Gasteiger partial charge in [0.1, 0.15) is 17.1 Å². The van der Waals surface area contributed by atoms with Gasteiger partial charge in [-0.1, -0.05) is 11.3 Å². The first-order valence-electron chi connectivity index (χ1n) is 6.24. The summed E-state index contributed by atoms with van der Waals surface area (Å²) in [5.41, 5.74) is 7.32. The average Bonchev–Trinajstić information content (AvgIpc) is 2.73. The van der Waals surface area contributed by atoms with Gasteiger partial charge in [-0.05, 0) is 39.0 Å². The van der Waals surface area contributed by atoms with Crippen molar-refractivity contribution >= 4 is 16.5 Å². The lowest BCUT2D eigenvalue weighted by Gasteiger charge is -2.31. The summed E-state index contributed by atoms with van der Waals surface area (Å²) < 4.78 is 11.6. The van der Waals surface area contributed by atoms with Crippen molar-refractivity contribution in [3.8, 4) is 22.8 Å². The van der Waals surface area contributed by atoms with E-state index in [0.29, 0.717) is 11.7 Å². The number of aromatic nitrogens is 1. The summed E-state index contributed by atoms with van der Waals surface area (Å²) in [6, 6.07) is 5.81. The van der Waals surface area contributed by atoms with E-state index in [0.717, 1.165) is 27.6 Å². The predicted molar refractivity (Wildman–Crippen MR) is 76.8 cm³/mol. The summed E-state index contributed by atoms with van der Waals surface area (Å²) in [5.74, 6) is 1.65. The highest BCUT2D eigenvalue weighted by Crippen LogP contribution is 2.48. The fourth-order valence-corrected chi connectivity index (χ4v) is 3.17. The molecule has 100 valence electrons. The topological polar surface area (TPSA) is 57.4 Å². The van der Waals surface area contributed by atoms with Crippen molar-refractivity contribution in [1.82, 2.24) is 4.98 Å². The van der Waals surface area contributed by atoms with E-state index in [1.54, 1.807) is 0 Å². The fourth-order valence-electron chi connectivity index (χ4n) is 2.29. The molecule has 4 nitrogen and oxygen atoms in total. The molecule has 0 radical (unpaired) electrons. The smallest absolute Gasteiger partial charge is 0.180 e. The molecule has 1 aliphatic heterocycles. The number of hydrogen-bond acceptors (Lipinski definition) is 5. The first-order valence-corrected chi connectivity index (χ1v) is 7.06. The van der Waals surface area contributed by atoms with Crippen LogP contribution in [0.15, 0.2) is 18.2 Å². The van der Waals surface area contributed by atoms with E-state index >= 15 is 0 Å². The van der Waals surface area contributed by atoms with Crippen LogP contribution >= 0.6 is 11.3 Å². The standard InChI is InChI=1S/C14H16N2O2S/c1-4-17-8-5-6-10-9(7-8)11-12(14(2,3)18-10)19-13(15)16-11/h5-7H,4H2,1-3H3,(H2,15,16). The Labute approximate surface area is 116 Å². The minimum Gasteiger partial charge on any atom is -0.494 e. The van der Waals surface area contributed by atoms with E-state index < -0.39 is 5.60 Å². The summed E-state index contributed by atoms with van der Waals surface area (Å²) in [7, 11) is 0. The summed E-state index contributed by atoms with van der Waals surface area (Å²) in [6.45, 7) is 6.66. The highest BCUT2D eigenvalue weighted by Gasteiger charge is 2.36. The van der Waals surface area contributed by atoms with Gasteiger partial charge in [0.25, 0.3) is 0 Å². The quantitative estimate of drug-likeness (QED) is 0.913. The van der Waals surface area contributed by atoms with E-state index in [1.807, 2.05) is 39.0 Å². The van der Waals surface area contributed by atoms with E-state index in [4.69, 9.17) is 15.2 Å². The van der Waals surface area contributed by atoms with Gasteiger partial charge in [-0.15, -0.1) is 0 Å². The van der Waals surface area contributed by atoms with Crippen LogP contribution in [-0.2, 0) is 5.60 Å². The number of nitrogens with zero attached hydrogens (tertiary/aromatic N) is 1. The molecule has 0 unspecified atom stereocenters. The number of hydrogen-bond donors (Lipinski definition) is 1. The number of benzene rings is 1. The molecule has 0 amide bonds. The van der Waals surface area contributed by atoms with Crippen molar-refractivity contribution in [2.24, 2.45) is 0 Å². The third-order valence-corrected chi connectivity index (χ3v) is 4.26. The summed E-state index contributed by atoms with van der Waals surface area (Å²) in [4.78, 5) is 5.51. The van der Waals surface area contributed by atoms with Crippen LogP contribution in [0, 0.1) is 0 Å². The van der Waals surface area contributed by atoms with Gasteiger partial charge in [0, 0.05) is 5.56 Å². The normalized spacial score (nSPS) is 15.3. The summed E-state index contributed by atoms with van der Waals surface area (Å²) in [6.07, 6.45) is 0. The van der Waals surface area contributed by atoms with Crippen LogP contribution in [0.25, 0.3) is 11.3 Å². The van der Waals surface area contributed by atoms with Crippen LogP contribution in [0.4, 0.5) is 5.13 Å². The number of rotatable bonds is 2. The SMILES string of the molecule is CCOc1ccc2c(c1)-c1nc(N)sc1C(C)(C)O2. The van der Waals surface area contributed by atoms with Crippen molar-refractivity contribution in [2.75, 3.05) is 12.3 Å². The van der Waals surface area contributed by atoms with Crippen molar-refractivity contribution in [2.45, 2.75) is 26.4 Å². The molecule has 1 aromatic carbocycles. The molecule has 1 aromatic heterocycles. The third-order valence-electron chi connectivity index (χ3n) is 3.07. The molecule has 0 aliphatic carbocycles. The molecular weight excluding hydrogens is 260 g/mol. The average molecular weight is 276 g/mol. The van der Waals surface area contributed by atoms with Gasteiger partial charge in [-0.2, -0.15) is 0 Å². The first kappa shape index (κ1) is 12.3. The van der Waals surface area contributed by atoms with Gasteiger partial charge < -0.3 is 15.2 Å². The van der Waals surface area contributed by atoms with Gasteiger partial charge in [0.15, 0.2) is 5.13 Å². The first-order chi connectivity index (χ1) is 9.01. The number of nitrogens with two attached hydrogens (primary N) is 1. The number of thiazole rings is 1. The predicted octanol–water partition coefficient (Wildman–Crippen LogP) is 3.42. The van der Waals surface area contributed by atoms with E-state index in [9.17, 15) is 0 Å². The Morgan fingerprint density at radius 3 is 2.95 bits per heavy atom. The fraction of sp³-hybridized carbons (Fsp3) is 0.357. The monoisotopic (exact) mass is 276 g/mol. The van der Waals surface area contributed by atoms with Crippen molar-refractivity contribution < 1.29 is 9.47 Å². The van der Waals surface area contributed by atoms with Crippen molar-refractivity contribution in [3.05, 3.63) is 23.1 Å². The highest BCUT2D eigenvalue weighted by atomic mass is 32.1.